The fraction of sp³-hybridized carbons (Fsp3) is 0.0426. The smallest absolute Gasteiger partial charge is 0.137 e. The Kier molecular flexibility index (Phi) is 6.63. The SMILES string of the molecule is C1=CC(c2c(-c3ccccc3)nc3ccccn23)CC=C1c1cccc2c1ccc1c2ccc2c(-c3ccccc3)c(-c3ccccc3)[nH]c21. The number of aromatic amines is 1. The molecule has 0 saturated carbocycles. The van der Waals surface area contributed by atoms with E-state index in [4.69, 9.17) is 4.98 Å². The van der Waals surface area contributed by atoms with E-state index >= 15 is 0 Å². The number of hydrogen-bond acceptors (Lipinski definition) is 1. The van der Waals surface area contributed by atoms with Crippen LogP contribution in [0, 0.1) is 0 Å². The van der Waals surface area contributed by atoms with Gasteiger partial charge in [0.1, 0.15) is 5.65 Å². The molecular weight excluding hydrogens is 607 g/mol. The van der Waals surface area contributed by atoms with Gasteiger partial charge in [0.2, 0.25) is 0 Å². The number of aromatic nitrogens is 3. The maximum Gasteiger partial charge on any atom is 0.137 e. The van der Waals surface area contributed by atoms with Crippen LogP contribution in [-0.2, 0) is 0 Å². The first-order valence-electron chi connectivity index (χ1n) is 17.3. The number of hydrogen-bond donors (Lipinski definition) is 1. The number of benzene rings is 6. The summed E-state index contributed by atoms with van der Waals surface area (Å²) in [5, 5.41) is 6.27. The minimum atomic E-state index is 0.223. The highest BCUT2D eigenvalue weighted by Gasteiger charge is 2.23. The van der Waals surface area contributed by atoms with Crippen LogP contribution in [0.5, 0.6) is 0 Å². The predicted octanol–water partition coefficient (Wildman–Crippen LogP) is 12.3. The zero-order valence-electron chi connectivity index (χ0n) is 27.4. The van der Waals surface area contributed by atoms with Gasteiger partial charge in [0.25, 0.3) is 0 Å². The van der Waals surface area contributed by atoms with Crippen molar-refractivity contribution in [3.05, 3.63) is 187 Å². The third-order valence-electron chi connectivity index (χ3n) is 10.3. The lowest BCUT2D eigenvalue weighted by Gasteiger charge is -2.19. The molecule has 9 aromatic rings. The molecule has 1 atom stereocenters. The molecule has 50 heavy (non-hydrogen) atoms. The van der Waals surface area contributed by atoms with Crippen LogP contribution in [0.4, 0.5) is 0 Å². The number of nitrogens with zero attached hydrogens (tertiary/aromatic N) is 2. The second-order valence-electron chi connectivity index (χ2n) is 13.2. The summed E-state index contributed by atoms with van der Waals surface area (Å²) in [6.45, 7) is 0. The Morgan fingerprint density at radius 2 is 1.22 bits per heavy atom. The Bertz CT molecular complexity index is 2770. The van der Waals surface area contributed by atoms with Gasteiger partial charge >= 0.3 is 0 Å². The minimum Gasteiger partial charge on any atom is -0.353 e. The molecule has 1 N–H and O–H groups in total. The summed E-state index contributed by atoms with van der Waals surface area (Å²) in [5.41, 5.74) is 12.9. The van der Waals surface area contributed by atoms with E-state index in [1.165, 1.54) is 66.0 Å². The second-order valence-corrected chi connectivity index (χ2v) is 13.2. The largest absolute Gasteiger partial charge is 0.353 e. The van der Waals surface area contributed by atoms with Crippen molar-refractivity contribution in [2.75, 3.05) is 0 Å². The standard InChI is InChI=1S/C47H33N3/c1-4-13-32(14-5-1)43-41-29-27-39-37-20-12-19-36(38(37)26-28-40(39)46(41)49-44(43)33-15-6-2-7-16-33)31-22-24-35(25-23-31)47-45(34-17-8-3-9-18-34)48-42-21-10-11-30-50(42)47/h1-24,26-30,35,49H,25H2. The van der Waals surface area contributed by atoms with Crippen LogP contribution >= 0.6 is 0 Å². The normalized spacial score (nSPS) is 14.6. The maximum absolute atomic E-state index is 5.07. The molecule has 3 aromatic heterocycles. The molecule has 0 saturated heterocycles. The van der Waals surface area contributed by atoms with Crippen LogP contribution in [0.25, 0.3) is 77.3 Å². The van der Waals surface area contributed by atoms with E-state index in [1.54, 1.807) is 0 Å². The van der Waals surface area contributed by atoms with Crippen molar-refractivity contribution in [1.29, 1.82) is 0 Å². The number of fused-ring (bicyclic) bond motifs is 6. The van der Waals surface area contributed by atoms with E-state index in [0.29, 0.717) is 0 Å². The average Bonchev–Trinajstić information content (AvgIpc) is 3.78. The van der Waals surface area contributed by atoms with Gasteiger partial charge in [0, 0.05) is 34.0 Å². The highest BCUT2D eigenvalue weighted by Crippen LogP contribution is 2.43. The predicted molar refractivity (Wildman–Crippen MR) is 209 cm³/mol. The van der Waals surface area contributed by atoms with Crippen molar-refractivity contribution in [2.45, 2.75) is 12.3 Å². The monoisotopic (exact) mass is 639 g/mol. The van der Waals surface area contributed by atoms with Crippen molar-refractivity contribution in [1.82, 2.24) is 14.4 Å². The molecule has 0 amide bonds. The lowest BCUT2D eigenvalue weighted by atomic mass is 9.87. The molecule has 0 radical (unpaired) electrons. The van der Waals surface area contributed by atoms with Crippen molar-refractivity contribution >= 4 is 43.7 Å². The molecule has 236 valence electrons. The summed E-state index contributed by atoms with van der Waals surface area (Å²) in [7, 11) is 0. The van der Waals surface area contributed by atoms with Crippen LogP contribution in [0.1, 0.15) is 23.6 Å². The van der Waals surface area contributed by atoms with E-state index in [2.05, 4.69) is 185 Å². The Morgan fingerprint density at radius 1 is 0.560 bits per heavy atom. The number of rotatable bonds is 5. The van der Waals surface area contributed by atoms with E-state index < -0.39 is 0 Å². The molecule has 3 heteroatoms. The molecule has 1 aliphatic carbocycles. The highest BCUT2D eigenvalue weighted by atomic mass is 15.0. The molecule has 3 heterocycles. The van der Waals surface area contributed by atoms with Crippen LogP contribution in [0.3, 0.4) is 0 Å². The third kappa shape index (κ3) is 4.55. The molecular formula is C47H33N3. The van der Waals surface area contributed by atoms with Crippen LogP contribution in [0.2, 0.25) is 0 Å². The Morgan fingerprint density at radius 3 is 1.98 bits per heavy atom. The number of imidazole rings is 1. The Hall–Kier alpha value is -6.45. The third-order valence-corrected chi connectivity index (χ3v) is 10.3. The first kappa shape index (κ1) is 28.6. The van der Waals surface area contributed by atoms with E-state index in [9.17, 15) is 0 Å². The zero-order chi connectivity index (χ0) is 33.0. The quantitative estimate of drug-likeness (QED) is 0.187. The first-order chi connectivity index (χ1) is 24.8. The summed E-state index contributed by atoms with van der Waals surface area (Å²) in [6.07, 6.45) is 10.1. The lowest BCUT2D eigenvalue weighted by molar-refractivity contribution is 0.808. The van der Waals surface area contributed by atoms with E-state index in [1.807, 2.05) is 0 Å². The molecule has 0 fully saturated rings. The van der Waals surface area contributed by atoms with Crippen molar-refractivity contribution in [3.63, 3.8) is 0 Å². The van der Waals surface area contributed by atoms with Crippen LogP contribution in [0.15, 0.2) is 176 Å². The van der Waals surface area contributed by atoms with Gasteiger partial charge in [-0.25, -0.2) is 4.98 Å². The van der Waals surface area contributed by atoms with Gasteiger partial charge in [-0.05, 0) is 57.0 Å². The van der Waals surface area contributed by atoms with Gasteiger partial charge in [-0.15, -0.1) is 0 Å². The average molecular weight is 640 g/mol. The molecule has 3 nitrogen and oxygen atoms in total. The highest BCUT2D eigenvalue weighted by molar-refractivity contribution is 6.21. The Labute approximate surface area is 290 Å². The number of pyridine rings is 1. The topological polar surface area (TPSA) is 33.1 Å². The van der Waals surface area contributed by atoms with Gasteiger partial charge in [-0.3, -0.25) is 0 Å². The molecule has 0 spiro atoms. The molecule has 1 unspecified atom stereocenters. The summed E-state index contributed by atoms with van der Waals surface area (Å²) in [4.78, 5) is 8.96. The summed E-state index contributed by atoms with van der Waals surface area (Å²) in [5.74, 6) is 0.223. The number of nitrogens with one attached hydrogen (secondary N) is 1. The maximum atomic E-state index is 5.07. The molecule has 10 rings (SSSR count). The van der Waals surface area contributed by atoms with Crippen molar-refractivity contribution in [3.8, 4) is 33.6 Å². The first-order valence-corrected chi connectivity index (χ1v) is 17.3. The summed E-state index contributed by atoms with van der Waals surface area (Å²) in [6, 6.07) is 54.2. The molecule has 0 bridgehead atoms. The number of H-pyrrole nitrogens is 1. The van der Waals surface area contributed by atoms with Gasteiger partial charge in [0.15, 0.2) is 0 Å². The van der Waals surface area contributed by atoms with E-state index in [0.717, 1.165) is 29.0 Å². The van der Waals surface area contributed by atoms with E-state index in [-0.39, 0.29) is 5.92 Å². The summed E-state index contributed by atoms with van der Waals surface area (Å²) < 4.78 is 2.26. The van der Waals surface area contributed by atoms with Gasteiger partial charge in [-0.2, -0.15) is 0 Å². The van der Waals surface area contributed by atoms with Crippen LogP contribution < -0.4 is 0 Å². The zero-order valence-corrected chi connectivity index (χ0v) is 27.4. The number of allylic oxidation sites excluding steroid dienone is 4. The van der Waals surface area contributed by atoms with Crippen LogP contribution in [-0.4, -0.2) is 14.4 Å². The second kappa shape index (κ2) is 11.6. The Balaban J connectivity index is 1.07. The molecule has 1 aliphatic rings. The van der Waals surface area contributed by atoms with Crippen molar-refractivity contribution < 1.29 is 0 Å². The summed E-state index contributed by atoms with van der Waals surface area (Å²) >= 11 is 0. The van der Waals surface area contributed by atoms with Gasteiger partial charge in [-0.1, -0.05) is 158 Å². The minimum absolute atomic E-state index is 0.223. The van der Waals surface area contributed by atoms with Crippen molar-refractivity contribution in [2.24, 2.45) is 0 Å². The molecule has 6 aromatic carbocycles. The van der Waals surface area contributed by atoms with Gasteiger partial charge in [0.05, 0.1) is 22.6 Å². The lowest BCUT2D eigenvalue weighted by Crippen LogP contribution is -2.04. The fourth-order valence-electron chi connectivity index (χ4n) is 8.02. The molecule has 0 aliphatic heterocycles. The van der Waals surface area contributed by atoms with Gasteiger partial charge < -0.3 is 9.38 Å². The fourth-order valence-corrected chi connectivity index (χ4v) is 8.02.